The Morgan fingerprint density at radius 3 is 2.77 bits per heavy atom. The number of hydrogen-bond acceptors (Lipinski definition) is 6. The van der Waals surface area contributed by atoms with Gasteiger partial charge in [0.25, 0.3) is 5.69 Å². The molecule has 4 aromatic rings. The van der Waals surface area contributed by atoms with Gasteiger partial charge in [0.1, 0.15) is 0 Å². The van der Waals surface area contributed by atoms with Gasteiger partial charge in [0.05, 0.1) is 10.6 Å². The second-order valence-electron chi connectivity index (χ2n) is 7.28. The summed E-state index contributed by atoms with van der Waals surface area (Å²) in [5, 5.41) is 16.3. The maximum Gasteiger partial charge on any atom is 0.269 e. The topological polar surface area (TPSA) is 77.1 Å². The van der Waals surface area contributed by atoms with Crippen molar-refractivity contribution in [1.29, 1.82) is 0 Å². The Morgan fingerprint density at radius 2 is 2.00 bits per heavy atom. The lowest BCUT2D eigenvalue weighted by atomic mass is 9.99. The molecule has 0 saturated heterocycles. The first-order valence-electron chi connectivity index (χ1n) is 9.70. The molecule has 8 heteroatoms. The van der Waals surface area contributed by atoms with E-state index < -0.39 is 0 Å². The SMILES string of the molecule is O=[N+]([O-])c1ccc2c(c1)CN(c1ncc(Cc3ccc(-n4cccn4)cc3)s1)CC2. The zero-order valence-corrected chi connectivity index (χ0v) is 17.0. The predicted molar refractivity (Wildman–Crippen MR) is 116 cm³/mol. The molecule has 0 unspecified atom stereocenters. The van der Waals surface area contributed by atoms with Crippen LogP contribution < -0.4 is 4.90 Å². The summed E-state index contributed by atoms with van der Waals surface area (Å²) < 4.78 is 1.84. The number of aromatic nitrogens is 3. The Kier molecular flexibility index (Phi) is 4.76. The van der Waals surface area contributed by atoms with Crippen molar-refractivity contribution in [1.82, 2.24) is 14.8 Å². The van der Waals surface area contributed by atoms with Crippen LogP contribution in [-0.2, 0) is 19.4 Å². The highest BCUT2D eigenvalue weighted by Gasteiger charge is 2.21. The van der Waals surface area contributed by atoms with Crippen LogP contribution in [-0.4, -0.2) is 26.2 Å². The lowest BCUT2D eigenvalue weighted by molar-refractivity contribution is -0.384. The molecule has 0 radical (unpaired) electrons. The number of nitro benzene ring substituents is 1. The fourth-order valence-electron chi connectivity index (χ4n) is 3.73. The molecule has 1 aliphatic rings. The standard InChI is InChI=1S/C22H19N5O2S/c28-27(29)20-7-4-17-8-11-25(15-18(17)13-20)22-23-14-21(30-22)12-16-2-5-19(6-3-16)26-10-1-9-24-26/h1-7,9-10,13-14H,8,11-12,15H2. The molecule has 5 rings (SSSR count). The van der Waals surface area contributed by atoms with Crippen LogP contribution in [0.4, 0.5) is 10.8 Å². The van der Waals surface area contributed by atoms with E-state index in [9.17, 15) is 10.1 Å². The summed E-state index contributed by atoms with van der Waals surface area (Å²) in [5.41, 5.74) is 4.61. The van der Waals surface area contributed by atoms with Crippen LogP contribution in [0.2, 0.25) is 0 Å². The number of rotatable bonds is 5. The normalized spacial score (nSPS) is 13.3. The quantitative estimate of drug-likeness (QED) is 0.355. The van der Waals surface area contributed by atoms with Gasteiger partial charge < -0.3 is 4.90 Å². The largest absolute Gasteiger partial charge is 0.343 e. The van der Waals surface area contributed by atoms with E-state index in [0.717, 1.165) is 35.8 Å². The Hall–Kier alpha value is -3.52. The zero-order valence-electron chi connectivity index (χ0n) is 16.1. The number of anilines is 1. The van der Waals surface area contributed by atoms with Gasteiger partial charge in [-0.3, -0.25) is 10.1 Å². The summed E-state index contributed by atoms with van der Waals surface area (Å²) in [5.74, 6) is 0. The lowest BCUT2D eigenvalue weighted by Crippen LogP contribution is -2.30. The zero-order chi connectivity index (χ0) is 20.5. The first kappa shape index (κ1) is 18.5. The number of fused-ring (bicyclic) bond motifs is 1. The molecule has 0 N–H and O–H groups in total. The highest BCUT2D eigenvalue weighted by atomic mass is 32.1. The average molecular weight is 417 g/mol. The molecule has 2 aromatic carbocycles. The minimum atomic E-state index is -0.335. The van der Waals surface area contributed by atoms with E-state index >= 15 is 0 Å². The fraction of sp³-hybridized carbons (Fsp3) is 0.182. The number of benzene rings is 2. The molecule has 0 amide bonds. The first-order valence-corrected chi connectivity index (χ1v) is 10.5. The number of thiazole rings is 1. The third kappa shape index (κ3) is 3.69. The monoisotopic (exact) mass is 417 g/mol. The van der Waals surface area contributed by atoms with Crippen LogP contribution in [0.25, 0.3) is 5.69 Å². The third-order valence-electron chi connectivity index (χ3n) is 5.31. The van der Waals surface area contributed by atoms with Gasteiger partial charge in [-0.1, -0.05) is 18.2 Å². The number of nitro groups is 1. The van der Waals surface area contributed by atoms with E-state index in [2.05, 4.69) is 39.2 Å². The molecule has 1 aliphatic heterocycles. The van der Waals surface area contributed by atoms with Crippen molar-refractivity contribution in [2.24, 2.45) is 0 Å². The summed E-state index contributed by atoms with van der Waals surface area (Å²) in [4.78, 5) is 18.8. The minimum absolute atomic E-state index is 0.147. The summed E-state index contributed by atoms with van der Waals surface area (Å²) in [6.45, 7) is 1.53. The summed E-state index contributed by atoms with van der Waals surface area (Å²) in [6.07, 6.45) is 7.33. The van der Waals surface area contributed by atoms with Crippen molar-refractivity contribution in [3.05, 3.63) is 98.8 Å². The lowest BCUT2D eigenvalue weighted by Gasteiger charge is -2.28. The number of hydrogen-bond donors (Lipinski definition) is 0. The molecule has 30 heavy (non-hydrogen) atoms. The van der Waals surface area contributed by atoms with Crippen LogP contribution in [0.1, 0.15) is 21.6 Å². The van der Waals surface area contributed by atoms with Crippen LogP contribution in [0.3, 0.4) is 0 Å². The molecule has 0 atom stereocenters. The molecule has 2 aromatic heterocycles. The maximum absolute atomic E-state index is 11.1. The second kappa shape index (κ2) is 7.72. The molecule has 7 nitrogen and oxygen atoms in total. The molecule has 3 heterocycles. The van der Waals surface area contributed by atoms with Gasteiger partial charge in [0, 0.05) is 55.1 Å². The fourth-order valence-corrected chi connectivity index (χ4v) is 4.70. The van der Waals surface area contributed by atoms with Gasteiger partial charge in [-0.2, -0.15) is 5.10 Å². The molecule has 150 valence electrons. The highest BCUT2D eigenvalue weighted by molar-refractivity contribution is 7.15. The Labute approximate surface area is 177 Å². The highest BCUT2D eigenvalue weighted by Crippen LogP contribution is 2.30. The first-order chi connectivity index (χ1) is 14.7. The van der Waals surface area contributed by atoms with Crippen molar-refractivity contribution in [2.45, 2.75) is 19.4 Å². The molecule has 0 spiro atoms. The van der Waals surface area contributed by atoms with E-state index in [0.29, 0.717) is 6.54 Å². The van der Waals surface area contributed by atoms with Crippen LogP contribution in [0.15, 0.2) is 67.1 Å². The van der Waals surface area contributed by atoms with Gasteiger partial charge in [0.2, 0.25) is 0 Å². The smallest absolute Gasteiger partial charge is 0.269 e. The Morgan fingerprint density at radius 1 is 1.13 bits per heavy atom. The summed E-state index contributed by atoms with van der Waals surface area (Å²) in [6, 6.07) is 15.4. The van der Waals surface area contributed by atoms with Gasteiger partial charge in [-0.15, -0.1) is 11.3 Å². The molecule has 0 aliphatic carbocycles. The molecule has 0 fully saturated rings. The summed E-state index contributed by atoms with van der Waals surface area (Å²) >= 11 is 1.68. The number of nitrogens with zero attached hydrogens (tertiary/aromatic N) is 5. The molecule has 0 saturated carbocycles. The van der Waals surface area contributed by atoms with Crippen molar-refractivity contribution in [3.63, 3.8) is 0 Å². The molecule has 0 bridgehead atoms. The molecular weight excluding hydrogens is 398 g/mol. The average Bonchev–Trinajstić information content (AvgIpc) is 3.46. The van der Waals surface area contributed by atoms with Gasteiger partial charge in [0.15, 0.2) is 5.13 Å². The summed E-state index contributed by atoms with van der Waals surface area (Å²) in [7, 11) is 0. The van der Waals surface area contributed by atoms with Crippen molar-refractivity contribution in [2.75, 3.05) is 11.4 Å². The second-order valence-corrected chi connectivity index (χ2v) is 8.38. The van der Waals surface area contributed by atoms with Gasteiger partial charge >= 0.3 is 0 Å². The molecular formula is C22H19N5O2S. The van der Waals surface area contributed by atoms with Crippen molar-refractivity contribution >= 4 is 22.2 Å². The number of non-ortho nitro benzene ring substituents is 1. The van der Waals surface area contributed by atoms with Crippen LogP contribution in [0, 0.1) is 10.1 Å². The van der Waals surface area contributed by atoms with E-state index in [-0.39, 0.29) is 10.6 Å². The van der Waals surface area contributed by atoms with E-state index in [1.807, 2.05) is 29.2 Å². The van der Waals surface area contributed by atoms with Crippen LogP contribution in [0.5, 0.6) is 0 Å². The predicted octanol–water partition coefficient (Wildman–Crippen LogP) is 4.39. The Bertz CT molecular complexity index is 1180. The maximum atomic E-state index is 11.1. The van der Waals surface area contributed by atoms with Crippen LogP contribution >= 0.6 is 11.3 Å². The minimum Gasteiger partial charge on any atom is -0.343 e. The van der Waals surface area contributed by atoms with Crippen molar-refractivity contribution in [3.8, 4) is 5.69 Å². The Balaban J connectivity index is 1.29. The third-order valence-corrected chi connectivity index (χ3v) is 6.37. The van der Waals surface area contributed by atoms with E-state index in [4.69, 9.17) is 0 Å². The van der Waals surface area contributed by atoms with Gasteiger partial charge in [-0.05, 0) is 41.3 Å². The van der Waals surface area contributed by atoms with Crippen molar-refractivity contribution < 1.29 is 4.92 Å². The van der Waals surface area contributed by atoms with E-state index in [1.165, 1.54) is 16.0 Å². The van der Waals surface area contributed by atoms with Gasteiger partial charge in [-0.25, -0.2) is 9.67 Å². The van der Waals surface area contributed by atoms with E-state index in [1.54, 1.807) is 29.7 Å².